The zero-order valence-electron chi connectivity index (χ0n) is 17.2. The van der Waals surface area contributed by atoms with Gasteiger partial charge in [0.15, 0.2) is 0 Å². The van der Waals surface area contributed by atoms with E-state index < -0.39 is 0 Å². The Hall–Kier alpha value is -2.22. The molecule has 1 aromatic heterocycles. The monoisotopic (exact) mass is 397 g/mol. The van der Waals surface area contributed by atoms with Gasteiger partial charge in [0.1, 0.15) is 0 Å². The lowest BCUT2D eigenvalue weighted by Crippen LogP contribution is -2.52. The smallest absolute Gasteiger partial charge is 0.254 e. The van der Waals surface area contributed by atoms with Gasteiger partial charge in [0.25, 0.3) is 5.91 Å². The minimum absolute atomic E-state index is 0.0365. The van der Waals surface area contributed by atoms with Crippen molar-refractivity contribution in [3.63, 3.8) is 0 Å². The van der Waals surface area contributed by atoms with Crippen LogP contribution in [0.4, 0.5) is 0 Å². The first-order valence-electron chi connectivity index (χ1n) is 10.6. The number of ether oxygens (including phenoxy) is 1. The number of rotatable bonds is 5. The van der Waals surface area contributed by atoms with E-state index in [1.54, 1.807) is 4.68 Å². The van der Waals surface area contributed by atoms with Crippen LogP contribution >= 0.6 is 0 Å². The summed E-state index contributed by atoms with van der Waals surface area (Å²) in [6, 6.07) is 7.47. The number of hydrogen-bond donors (Lipinski definition) is 1. The molecule has 0 unspecified atom stereocenters. The van der Waals surface area contributed by atoms with Crippen molar-refractivity contribution in [2.24, 2.45) is 12.8 Å². The maximum Gasteiger partial charge on any atom is 0.254 e. The van der Waals surface area contributed by atoms with Crippen LogP contribution in [-0.4, -0.2) is 64.4 Å². The molecular weight excluding hydrogens is 366 g/mol. The molecule has 2 aliphatic heterocycles. The predicted molar refractivity (Wildman–Crippen MR) is 111 cm³/mol. The Morgan fingerprint density at radius 2 is 1.93 bits per heavy atom. The third kappa shape index (κ3) is 4.52. The van der Waals surface area contributed by atoms with E-state index in [0.29, 0.717) is 25.3 Å². The first-order valence-corrected chi connectivity index (χ1v) is 10.6. The van der Waals surface area contributed by atoms with Crippen LogP contribution in [0, 0.1) is 0 Å². The first kappa shape index (κ1) is 20.1. The van der Waals surface area contributed by atoms with Crippen LogP contribution < -0.4 is 5.73 Å². The molecule has 2 N–H and O–H groups in total. The highest BCUT2D eigenvalue weighted by Gasteiger charge is 2.38. The molecule has 2 aliphatic rings. The minimum Gasteiger partial charge on any atom is -0.373 e. The number of morpholine rings is 1. The molecule has 0 bridgehead atoms. The number of carbonyl (C=O) groups is 1. The van der Waals surface area contributed by atoms with E-state index in [9.17, 15) is 4.79 Å². The summed E-state index contributed by atoms with van der Waals surface area (Å²) in [5.74, 6) is 0.0365. The van der Waals surface area contributed by atoms with Gasteiger partial charge in [-0.05, 0) is 43.6 Å². The van der Waals surface area contributed by atoms with Gasteiger partial charge < -0.3 is 20.3 Å². The highest BCUT2D eigenvalue weighted by atomic mass is 16.5. The maximum absolute atomic E-state index is 13.4. The van der Waals surface area contributed by atoms with Gasteiger partial charge in [-0.25, -0.2) is 0 Å². The lowest BCUT2D eigenvalue weighted by atomic mass is 9.98. The van der Waals surface area contributed by atoms with Gasteiger partial charge in [0, 0.05) is 44.0 Å². The van der Waals surface area contributed by atoms with E-state index in [2.05, 4.69) is 10.00 Å². The minimum atomic E-state index is -0.138. The fourth-order valence-corrected chi connectivity index (χ4v) is 4.45. The molecule has 2 atom stereocenters. The highest BCUT2D eigenvalue weighted by Crippen LogP contribution is 2.32. The van der Waals surface area contributed by atoms with Gasteiger partial charge in [0.05, 0.1) is 24.9 Å². The molecule has 7 heteroatoms. The highest BCUT2D eigenvalue weighted by molar-refractivity contribution is 5.94. The van der Waals surface area contributed by atoms with Gasteiger partial charge in [-0.3, -0.25) is 9.48 Å². The van der Waals surface area contributed by atoms with Gasteiger partial charge in [-0.15, -0.1) is 0 Å². The van der Waals surface area contributed by atoms with E-state index in [0.717, 1.165) is 30.8 Å². The molecule has 7 nitrogen and oxygen atoms in total. The van der Waals surface area contributed by atoms with Crippen LogP contribution in [0.15, 0.2) is 36.7 Å². The summed E-state index contributed by atoms with van der Waals surface area (Å²) >= 11 is 0. The summed E-state index contributed by atoms with van der Waals surface area (Å²) in [4.78, 5) is 17.9. The largest absolute Gasteiger partial charge is 0.373 e. The number of likely N-dealkylation sites (tertiary alicyclic amines) is 1. The Morgan fingerprint density at radius 1 is 1.17 bits per heavy atom. The zero-order valence-corrected chi connectivity index (χ0v) is 17.2. The van der Waals surface area contributed by atoms with E-state index in [-0.39, 0.29) is 18.1 Å². The van der Waals surface area contributed by atoms with E-state index in [1.165, 1.54) is 19.3 Å². The number of benzene rings is 1. The standard InChI is InChI=1S/C22H31N5O2/c1-25-15-19(14-24-25)21-20(16-26-9-3-2-4-10-26)29-12-11-27(21)22(28)18-7-5-17(13-23)6-8-18/h5-8,14-15,20-21H,2-4,9-13,16,23H2,1H3/t20-,21-/m0/s1. The number of nitrogens with zero attached hydrogens (tertiary/aromatic N) is 4. The van der Waals surface area contributed by atoms with Crippen molar-refractivity contribution in [3.8, 4) is 0 Å². The topological polar surface area (TPSA) is 76.6 Å². The summed E-state index contributed by atoms with van der Waals surface area (Å²) in [6.07, 6.45) is 7.58. The van der Waals surface area contributed by atoms with Crippen molar-refractivity contribution < 1.29 is 9.53 Å². The SMILES string of the molecule is Cn1cc([C@H]2[C@H](CN3CCCCC3)OCCN2C(=O)c2ccc(CN)cc2)cn1. The number of aryl methyl sites for hydroxylation is 1. The number of piperidine rings is 1. The molecule has 156 valence electrons. The maximum atomic E-state index is 13.4. The summed E-state index contributed by atoms with van der Waals surface area (Å²) in [5.41, 5.74) is 8.44. The van der Waals surface area contributed by atoms with Crippen molar-refractivity contribution >= 4 is 5.91 Å². The molecule has 2 fully saturated rings. The summed E-state index contributed by atoms with van der Waals surface area (Å²) in [7, 11) is 1.91. The molecule has 2 aromatic rings. The van der Waals surface area contributed by atoms with E-state index in [1.807, 2.05) is 48.6 Å². The van der Waals surface area contributed by atoms with Crippen LogP contribution in [0.2, 0.25) is 0 Å². The molecule has 0 radical (unpaired) electrons. The van der Waals surface area contributed by atoms with Gasteiger partial charge in [-0.1, -0.05) is 18.6 Å². The van der Waals surface area contributed by atoms with Crippen LogP contribution in [-0.2, 0) is 18.3 Å². The molecule has 4 rings (SSSR count). The molecule has 3 heterocycles. The van der Waals surface area contributed by atoms with Crippen molar-refractivity contribution in [2.75, 3.05) is 32.8 Å². The second-order valence-corrected chi connectivity index (χ2v) is 8.06. The average molecular weight is 398 g/mol. The van der Waals surface area contributed by atoms with Crippen LogP contribution in [0.3, 0.4) is 0 Å². The van der Waals surface area contributed by atoms with E-state index >= 15 is 0 Å². The van der Waals surface area contributed by atoms with Crippen molar-refractivity contribution in [3.05, 3.63) is 53.3 Å². The Bertz CT molecular complexity index is 813. The Kier molecular flexibility index (Phi) is 6.28. The number of amides is 1. The second-order valence-electron chi connectivity index (χ2n) is 8.06. The lowest BCUT2D eigenvalue weighted by Gasteiger charge is -2.43. The molecule has 1 aromatic carbocycles. The molecule has 0 aliphatic carbocycles. The molecule has 0 saturated carbocycles. The number of hydrogen-bond acceptors (Lipinski definition) is 5. The quantitative estimate of drug-likeness (QED) is 0.835. The molecule has 0 spiro atoms. The van der Waals surface area contributed by atoms with Crippen LogP contribution in [0.25, 0.3) is 0 Å². The van der Waals surface area contributed by atoms with E-state index in [4.69, 9.17) is 10.5 Å². The van der Waals surface area contributed by atoms with Crippen molar-refractivity contribution in [1.29, 1.82) is 0 Å². The first-order chi connectivity index (χ1) is 14.2. The Labute approximate surface area is 172 Å². The molecular formula is C22H31N5O2. The normalized spacial score (nSPS) is 23.3. The third-order valence-electron chi connectivity index (χ3n) is 6.00. The fraction of sp³-hybridized carbons (Fsp3) is 0.545. The lowest BCUT2D eigenvalue weighted by molar-refractivity contribution is -0.0741. The Morgan fingerprint density at radius 3 is 2.59 bits per heavy atom. The molecule has 1 amide bonds. The van der Waals surface area contributed by atoms with Crippen molar-refractivity contribution in [2.45, 2.75) is 38.0 Å². The van der Waals surface area contributed by atoms with Crippen LogP contribution in [0.5, 0.6) is 0 Å². The molecule has 29 heavy (non-hydrogen) atoms. The average Bonchev–Trinajstić information content (AvgIpc) is 3.19. The predicted octanol–water partition coefficient (Wildman–Crippen LogP) is 1.95. The summed E-state index contributed by atoms with van der Waals surface area (Å²) < 4.78 is 8.01. The summed E-state index contributed by atoms with van der Waals surface area (Å²) in [6.45, 7) is 4.66. The number of aromatic nitrogens is 2. The van der Waals surface area contributed by atoms with Gasteiger partial charge in [-0.2, -0.15) is 5.10 Å². The Balaban J connectivity index is 1.60. The van der Waals surface area contributed by atoms with Crippen LogP contribution in [0.1, 0.15) is 46.8 Å². The third-order valence-corrected chi connectivity index (χ3v) is 6.00. The van der Waals surface area contributed by atoms with Gasteiger partial charge in [0.2, 0.25) is 0 Å². The van der Waals surface area contributed by atoms with Crippen molar-refractivity contribution in [1.82, 2.24) is 19.6 Å². The van der Waals surface area contributed by atoms with Gasteiger partial charge >= 0.3 is 0 Å². The second kappa shape index (κ2) is 9.07. The zero-order chi connectivity index (χ0) is 20.2. The number of carbonyl (C=O) groups excluding carboxylic acids is 1. The molecule has 2 saturated heterocycles. The number of nitrogens with two attached hydrogens (primary N) is 1. The summed E-state index contributed by atoms with van der Waals surface area (Å²) in [5, 5.41) is 4.36. The fourth-order valence-electron chi connectivity index (χ4n) is 4.45.